The third kappa shape index (κ3) is 9.68. The Kier molecular flexibility index (Phi) is 10.7. The van der Waals surface area contributed by atoms with Crippen molar-refractivity contribution in [3.8, 4) is 0 Å². The first-order valence-electron chi connectivity index (χ1n) is 13.5. The molecule has 13 heteroatoms. The summed E-state index contributed by atoms with van der Waals surface area (Å²) in [5.74, 6) is -1.59. The lowest BCUT2D eigenvalue weighted by Crippen LogP contribution is -2.55. The van der Waals surface area contributed by atoms with E-state index in [-0.39, 0.29) is 42.8 Å². The highest BCUT2D eigenvalue weighted by molar-refractivity contribution is 7.18. The molecular weight excluding hydrogens is 593 g/mol. The molecule has 2 aromatic rings. The number of nitrogens with one attached hydrogen (secondary N) is 2. The summed E-state index contributed by atoms with van der Waals surface area (Å²) in [5.41, 5.74) is -1.99. The van der Waals surface area contributed by atoms with E-state index in [0.717, 1.165) is 23.5 Å². The van der Waals surface area contributed by atoms with Gasteiger partial charge in [-0.25, -0.2) is 0 Å². The summed E-state index contributed by atoms with van der Waals surface area (Å²) in [5, 5.41) is 5.24. The summed E-state index contributed by atoms with van der Waals surface area (Å²) in [7, 11) is 0. The fraction of sp³-hybridized carbons (Fsp3) is 0.552. The second kappa shape index (κ2) is 13.3. The van der Waals surface area contributed by atoms with Crippen LogP contribution in [-0.4, -0.2) is 68.1 Å². The van der Waals surface area contributed by atoms with Crippen LogP contribution < -0.4 is 15.5 Å². The molecule has 3 amide bonds. The van der Waals surface area contributed by atoms with Crippen LogP contribution >= 0.6 is 22.9 Å². The largest absolute Gasteiger partial charge is 0.418 e. The van der Waals surface area contributed by atoms with Crippen molar-refractivity contribution in [2.75, 3.05) is 49.6 Å². The molecule has 1 atom stereocenters. The molecule has 0 unspecified atom stereocenters. The van der Waals surface area contributed by atoms with Crippen molar-refractivity contribution in [2.24, 2.45) is 10.8 Å². The molecule has 1 aromatic carbocycles. The number of alkyl halides is 3. The second-order valence-corrected chi connectivity index (χ2v) is 14.4. The Balaban J connectivity index is 1.96. The molecule has 1 saturated heterocycles. The van der Waals surface area contributed by atoms with Gasteiger partial charge < -0.3 is 20.3 Å². The maximum Gasteiger partial charge on any atom is 0.418 e. The number of carbonyl (C=O) groups is 3. The van der Waals surface area contributed by atoms with Gasteiger partial charge in [0, 0.05) is 31.9 Å². The molecule has 0 spiro atoms. The average Bonchev–Trinajstić information content (AvgIpc) is 3.28. The zero-order chi connectivity index (χ0) is 31.5. The molecule has 2 N–H and O–H groups in total. The van der Waals surface area contributed by atoms with Crippen LogP contribution in [0, 0.1) is 10.8 Å². The summed E-state index contributed by atoms with van der Waals surface area (Å²) < 4.78 is 48.2. The molecule has 42 heavy (non-hydrogen) atoms. The Labute approximate surface area is 253 Å². The van der Waals surface area contributed by atoms with E-state index in [0.29, 0.717) is 22.3 Å². The predicted octanol–water partition coefficient (Wildman–Crippen LogP) is 5.91. The molecule has 0 aliphatic carbocycles. The van der Waals surface area contributed by atoms with Crippen LogP contribution in [0.3, 0.4) is 0 Å². The Bertz CT molecular complexity index is 1270. The number of thiophene rings is 1. The third-order valence-electron chi connectivity index (χ3n) is 6.22. The van der Waals surface area contributed by atoms with Crippen molar-refractivity contribution < 1.29 is 32.3 Å². The van der Waals surface area contributed by atoms with E-state index < -0.39 is 41.2 Å². The second-order valence-electron chi connectivity index (χ2n) is 12.7. The number of benzene rings is 1. The number of amides is 3. The number of carbonyl (C=O) groups excluding carboxylic acids is 3. The topological polar surface area (TPSA) is 91.0 Å². The molecule has 1 aliphatic rings. The number of anilines is 2. The Hall–Kier alpha value is -2.67. The monoisotopic (exact) mass is 630 g/mol. The van der Waals surface area contributed by atoms with Crippen LogP contribution in [0.2, 0.25) is 4.34 Å². The van der Waals surface area contributed by atoms with Gasteiger partial charge >= 0.3 is 6.18 Å². The molecule has 8 nitrogen and oxygen atoms in total. The highest BCUT2D eigenvalue weighted by atomic mass is 35.5. The molecule has 0 bridgehead atoms. The van der Waals surface area contributed by atoms with Crippen molar-refractivity contribution in [1.82, 2.24) is 10.2 Å². The smallest absolute Gasteiger partial charge is 0.370 e. The molecular formula is C29H38ClF3N4O4S. The first-order valence-corrected chi connectivity index (χ1v) is 14.7. The molecule has 1 fully saturated rings. The van der Waals surface area contributed by atoms with Crippen molar-refractivity contribution in [2.45, 2.75) is 53.8 Å². The van der Waals surface area contributed by atoms with E-state index in [1.165, 1.54) is 11.0 Å². The van der Waals surface area contributed by atoms with E-state index in [2.05, 4.69) is 10.6 Å². The molecule has 0 saturated carbocycles. The van der Waals surface area contributed by atoms with E-state index >= 15 is 0 Å². The fourth-order valence-corrected chi connectivity index (χ4v) is 5.61. The minimum absolute atomic E-state index is 0.0640. The van der Waals surface area contributed by atoms with Crippen LogP contribution in [0.4, 0.5) is 24.5 Å². The van der Waals surface area contributed by atoms with Gasteiger partial charge in [0.15, 0.2) is 0 Å². The third-order valence-corrected chi connectivity index (χ3v) is 7.45. The Morgan fingerprint density at radius 2 is 1.71 bits per heavy atom. The lowest BCUT2D eigenvalue weighted by Gasteiger charge is -2.39. The predicted molar refractivity (Wildman–Crippen MR) is 159 cm³/mol. The Morgan fingerprint density at radius 1 is 1.07 bits per heavy atom. The first-order chi connectivity index (χ1) is 19.3. The number of morpholine rings is 1. The molecule has 2 heterocycles. The standard InChI is InChI=1S/C29H38ClF3N4O4S/c1-27(2,3)16-36(17-28(4,5)6)21(14-34-26(40)22-9-10-23(30)42-22)25(39)35-20-8-7-18(13-19(20)29(31,32)33)37-11-12-41-15-24(37)38/h7-10,13,21H,11-12,14-17H2,1-6H3,(H,34,40)(H,35,39)/t21-/m0/s1. The lowest BCUT2D eigenvalue weighted by atomic mass is 9.90. The van der Waals surface area contributed by atoms with Gasteiger partial charge in [-0.05, 0) is 41.2 Å². The van der Waals surface area contributed by atoms with Crippen molar-refractivity contribution in [3.05, 3.63) is 45.1 Å². The van der Waals surface area contributed by atoms with Gasteiger partial charge in [-0.3, -0.25) is 19.3 Å². The fourth-order valence-electron chi connectivity index (χ4n) is 4.65. The van der Waals surface area contributed by atoms with Crippen molar-refractivity contribution in [1.29, 1.82) is 0 Å². The van der Waals surface area contributed by atoms with Gasteiger partial charge in [-0.1, -0.05) is 53.1 Å². The molecule has 3 rings (SSSR count). The van der Waals surface area contributed by atoms with Gasteiger partial charge in [0.05, 0.1) is 27.1 Å². The summed E-state index contributed by atoms with van der Waals surface area (Å²) >= 11 is 7.05. The van der Waals surface area contributed by atoms with Gasteiger partial charge in [0.25, 0.3) is 11.8 Å². The number of ether oxygens (including phenoxy) is 1. The summed E-state index contributed by atoms with van der Waals surface area (Å²) in [6, 6.07) is 5.54. The quantitative estimate of drug-likeness (QED) is 0.359. The number of halogens is 4. The number of hydrogen-bond acceptors (Lipinski definition) is 6. The van der Waals surface area contributed by atoms with Crippen molar-refractivity contribution >= 4 is 52.0 Å². The minimum Gasteiger partial charge on any atom is -0.370 e. The van der Waals surface area contributed by atoms with Gasteiger partial charge in [0.1, 0.15) is 12.6 Å². The highest BCUT2D eigenvalue weighted by Gasteiger charge is 2.37. The maximum absolute atomic E-state index is 14.2. The van der Waals surface area contributed by atoms with E-state index in [1.54, 1.807) is 12.1 Å². The lowest BCUT2D eigenvalue weighted by molar-refractivity contribution is -0.137. The SMILES string of the molecule is CC(C)(C)CN(CC(C)(C)C)[C@@H](CNC(=O)c1ccc(Cl)s1)C(=O)Nc1ccc(N2CCOCC2=O)cc1C(F)(F)F. The van der Waals surface area contributed by atoms with Crippen molar-refractivity contribution in [3.63, 3.8) is 0 Å². The summed E-state index contributed by atoms with van der Waals surface area (Å²) in [6.07, 6.45) is -4.81. The summed E-state index contributed by atoms with van der Waals surface area (Å²) in [6.45, 7) is 12.8. The van der Waals surface area contributed by atoms with E-state index in [1.807, 2.05) is 46.4 Å². The number of hydrogen-bond donors (Lipinski definition) is 2. The maximum atomic E-state index is 14.2. The number of rotatable bonds is 9. The molecule has 1 aromatic heterocycles. The van der Waals surface area contributed by atoms with Gasteiger partial charge in [-0.15, -0.1) is 11.3 Å². The Morgan fingerprint density at radius 3 is 2.24 bits per heavy atom. The van der Waals surface area contributed by atoms with Gasteiger partial charge in [0.2, 0.25) is 5.91 Å². The normalized spacial score (nSPS) is 15.6. The zero-order valence-electron chi connectivity index (χ0n) is 24.7. The van der Waals surface area contributed by atoms with Crippen LogP contribution in [-0.2, 0) is 20.5 Å². The highest BCUT2D eigenvalue weighted by Crippen LogP contribution is 2.38. The van der Waals surface area contributed by atoms with Crippen LogP contribution in [0.25, 0.3) is 0 Å². The minimum atomic E-state index is -4.81. The number of nitrogens with zero attached hydrogens (tertiary/aromatic N) is 2. The first kappa shape index (κ1) is 33.8. The van der Waals surface area contributed by atoms with E-state index in [4.69, 9.17) is 16.3 Å². The molecule has 0 radical (unpaired) electrons. The average molecular weight is 631 g/mol. The molecule has 232 valence electrons. The van der Waals surface area contributed by atoms with Gasteiger partial charge in [-0.2, -0.15) is 13.2 Å². The van der Waals surface area contributed by atoms with Crippen LogP contribution in [0.1, 0.15) is 56.8 Å². The summed E-state index contributed by atoms with van der Waals surface area (Å²) in [4.78, 5) is 42.4. The van der Waals surface area contributed by atoms with Crippen LogP contribution in [0.5, 0.6) is 0 Å². The molecule has 1 aliphatic heterocycles. The van der Waals surface area contributed by atoms with Crippen LogP contribution in [0.15, 0.2) is 30.3 Å². The van der Waals surface area contributed by atoms with E-state index in [9.17, 15) is 27.6 Å². The zero-order valence-corrected chi connectivity index (χ0v) is 26.2.